The number of hydrogen-bond acceptors (Lipinski definition) is 4. The molecule has 4 nitrogen and oxygen atoms in total. The second-order valence-corrected chi connectivity index (χ2v) is 7.14. The molecule has 3 aromatic rings. The van der Waals surface area contributed by atoms with E-state index >= 15 is 0 Å². The fourth-order valence-corrected chi connectivity index (χ4v) is 3.08. The molecule has 0 amide bonds. The highest BCUT2D eigenvalue weighted by Gasteiger charge is 2.31. The fourth-order valence-electron chi connectivity index (χ4n) is 2.82. The van der Waals surface area contributed by atoms with Crippen LogP contribution in [0.25, 0.3) is 22.1 Å². The van der Waals surface area contributed by atoms with Crippen molar-refractivity contribution in [3.8, 4) is 16.9 Å². The van der Waals surface area contributed by atoms with Gasteiger partial charge in [-0.05, 0) is 49.6 Å². The van der Waals surface area contributed by atoms with Crippen LogP contribution in [0.4, 0.5) is 0 Å². The standard InChI is InChI=1S/C20H15BrO4/c1-11-18(12-4-6-14(21)7-5-12)19(22)16-9-8-15(10-17(16)24-11)25-20(23)13-2-3-13/h4-10,13H,2-3H2,1H3. The number of esters is 1. The molecule has 0 unspecified atom stereocenters. The maximum absolute atomic E-state index is 12.9. The predicted molar refractivity (Wildman–Crippen MR) is 98.7 cm³/mol. The van der Waals surface area contributed by atoms with Gasteiger partial charge in [-0.3, -0.25) is 9.59 Å². The summed E-state index contributed by atoms with van der Waals surface area (Å²) in [5, 5.41) is 0.467. The number of carbonyl (C=O) groups excluding carboxylic acids is 1. The van der Waals surface area contributed by atoms with Crippen molar-refractivity contribution < 1.29 is 13.9 Å². The maximum atomic E-state index is 12.9. The number of benzene rings is 2. The summed E-state index contributed by atoms with van der Waals surface area (Å²) in [5.74, 6) is 0.739. The first-order valence-electron chi connectivity index (χ1n) is 8.08. The Hall–Kier alpha value is -2.40. The molecule has 1 fully saturated rings. The third-order valence-corrected chi connectivity index (χ3v) is 4.83. The number of halogens is 1. The SMILES string of the molecule is Cc1oc2cc(OC(=O)C3CC3)ccc2c(=O)c1-c1ccc(Br)cc1. The second kappa shape index (κ2) is 6.15. The zero-order valence-electron chi connectivity index (χ0n) is 13.5. The Morgan fingerprint density at radius 1 is 1.16 bits per heavy atom. The number of fused-ring (bicyclic) bond motifs is 1. The Morgan fingerprint density at radius 3 is 2.56 bits per heavy atom. The molecule has 0 bridgehead atoms. The minimum absolute atomic E-state index is 0.0178. The van der Waals surface area contributed by atoms with Gasteiger partial charge in [0.25, 0.3) is 0 Å². The zero-order valence-corrected chi connectivity index (χ0v) is 15.1. The van der Waals surface area contributed by atoms with Gasteiger partial charge >= 0.3 is 5.97 Å². The Labute approximate surface area is 152 Å². The molecule has 1 aliphatic carbocycles. The molecule has 1 aliphatic rings. The van der Waals surface area contributed by atoms with Crippen LogP contribution in [-0.4, -0.2) is 5.97 Å². The van der Waals surface area contributed by atoms with Crippen molar-refractivity contribution in [2.75, 3.05) is 0 Å². The fraction of sp³-hybridized carbons (Fsp3) is 0.200. The van der Waals surface area contributed by atoms with Gasteiger partial charge in [-0.2, -0.15) is 0 Å². The summed E-state index contributed by atoms with van der Waals surface area (Å²) in [5.41, 5.74) is 1.67. The van der Waals surface area contributed by atoms with Gasteiger partial charge in [0.05, 0.1) is 16.9 Å². The summed E-state index contributed by atoms with van der Waals surface area (Å²) in [6, 6.07) is 12.4. The summed E-state index contributed by atoms with van der Waals surface area (Å²) in [7, 11) is 0. The summed E-state index contributed by atoms with van der Waals surface area (Å²) in [4.78, 5) is 24.7. The lowest BCUT2D eigenvalue weighted by atomic mass is 10.0. The smallest absolute Gasteiger partial charge is 0.314 e. The molecule has 25 heavy (non-hydrogen) atoms. The maximum Gasteiger partial charge on any atom is 0.314 e. The third kappa shape index (κ3) is 3.12. The first-order valence-corrected chi connectivity index (χ1v) is 8.87. The van der Waals surface area contributed by atoms with E-state index in [1.54, 1.807) is 25.1 Å². The van der Waals surface area contributed by atoms with Crippen LogP contribution in [-0.2, 0) is 4.79 Å². The average Bonchev–Trinajstić information content (AvgIpc) is 3.41. The number of hydrogen-bond donors (Lipinski definition) is 0. The lowest BCUT2D eigenvalue weighted by molar-refractivity contribution is -0.135. The molecule has 0 radical (unpaired) electrons. The van der Waals surface area contributed by atoms with E-state index in [-0.39, 0.29) is 17.3 Å². The van der Waals surface area contributed by atoms with Crippen molar-refractivity contribution in [2.45, 2.75) is 19.8 Å². The molecule has 0 N–H and O–H groups in total. The third-order valence-electron chi connectivity index (χ3n) is 4.30. The van der Waals surface area contributed by atoms with Crippen molar-refractivity contribution in [1.29, 1.82) is 0 Å². The highest BCUT2D eigenvalue weighted by atomic mass is 79.9. The molecule has 0 aliphatic heterocycles. The van der Waals surface area contributed by atoms with E-state index in [9.17, 15) is 9.59 Å². The van der Waals surface area contributed by atoms with E-state index in [0.29, 0.717) is 28.0 Å². The number of aryl methyl sites for hydroxylation is 1. The molecular formula is C20H15BrO4. The van der Waals surface area contributed by atoms with E-state index < -0.39 is 0 Å². The molecule has 1 aromatic heterocycles. The largest absolute Gasteiger partial charge is 0.460 e. The van der Waals surface area contributed by atoms with Gasteiger partial charge < -0.3 is 9.15 Å². The predicted octanol–water partition coefficient (Wildman–Crippen LogP) is 4.85. The normalized spacial score (nSPS) is 13.8. The van der Waals surface area contributed by atoms with Crippen LogP contribution in [0.3, 0.4) is 0 Å². The van der Waals surface area contributed by atoms with E-state index in [4.69, 9.17) is 9.15 Å². The Morgan fingerprint density at radius 2 is 1.88 bits per heavy atom. The summed E-state index contributed by atoms with van der Waals surface area (Å²) in [6.07, 6.45) is 1.77. The van der Waals surface area contributed by atoms with Crippen molar-refractivity contribution in [2.24, 2.45) is 5.92 Å². The van der Waals surface area contributed by atoms with Gasteiger partial charge in [-0.15, -0.1) is 0 Å². The van der Waals surface area contributed by atoms with E-state index in [2.05, 4.69) is 15.9 Å². The molecule has 0 spiro atoms. The van der Waals surface area contributed by atoms with E-state index in [1.807, 2.05) is 24.3 Å². The summed E-state index contributed by atoms with van der Waals surface area (Å²) >= 11 is 3.39. The lowest BCUT2D eigenvalue weighted by Gasteiger charge is -2.09. The summed E-state index contributed by atoms with van der Waals surface area (Å²) in [6.45, 7) is 1.76. The summed E-state index contributed by atoms with van der Waals surface area (Å²) < 4.78 is 12.1. The molecular weight excluding hydrogens is 384 g/mol. The molecule has 1 saturated carbocycles. The Balaban J connectivity index is 1.78. The molecule has 0 atom stereocenters. The highest BCUT2D eigenvalue weighted by molar-refractivity contribution is 9.10. The van der Waals surface area contributed by atoms with Gasteiger partial charge in [0, 0.05) is 10.5 Å². The van der Waals surface area contributed by atoms with E-state index in [1.165, 1.54) is 0 Å². The van der Waals surface area contributed by atoms with Gasteiger partial charge in [0.1, 0.15) is 17.1 Å². The molecule has 2 aromatic carbocycles. The van der Waals surface area contributed by atoms with Crippen molar-refractivity contribution in [3.63, 3.8) is 0 Å². The Bertz CT molecular complexity index is 1030. The quantitative estimate of drug-likeness (QED) is 0.467. The number of carbonyl (C=O) groups is 1. The van der Waals surface area contributed by atoms with Gasteiger partial charge in [-0.25, -0.2) is 0 Å². The Kier molecular flexibility index (Phi) is 3.96. The van der Waals surface area contributed by atoms with Gasteiger partial charge in [0.2, 0.25) is 5.43 Å². The lowest BCUT2D eigenvalue weighted by Crippen LogP contribution is -2.11. The molecule has 126 valence electrons. The van der Waals surface area contributed by atoms with Crippen LogP contribution in [0.15, 0.2) is 56.1 Å². The molecule has 0 saturated heterocycles. The van der Waals surface area contributed by atoms with Crippen molar-refractivity contribution in [3.05, 3.63) is 62.9 Å². The van der Waals surface area contributed by atoms with Crippen LogP contribution in [0, 0.1) is 12.8 Å². The van der Waals surface area contributed by atoms with Gasteiger partial charge in [0.15, 0.2) is 0 Å². The number of ether oxygens (including phenoxy) is 1. The van der Waals surface area contributed by atoms with E-state index in [0.717, 1.165) is 22.9 Å². The molecule has 4 rings (SSSR count). The first-order chi connectivity index (χ1) is 12.0. The van der Waals surface area contributed by atoms with Crippen LogP contribution in [0.5, 0.6) is 5.75 Å². The second-order valence-electron chi connectivity index (χ2n) is 6.22. The van der Waals surface area contributed by atoms with Crippen molar-refractivity contribution >= 4 is 32.9 Å². The van der Waals surface area contributed by atoms with Gasteiger partial charge in [-0.1, -0.05) is 28.1 Å². The average molecular weight is 399 g/mol. The molecule has 1 heterocycles. The van der Waals surface area contributed by atoms with Crippen LogP contribution in [0.2, 0.25) is 0 Å². The van der Waals surface area contributed by atoms with Crippen molar-refractivity contribution in [1.82, 2.24) is 0 Å². The van der Waals surface area contributed by atoms with Crippen LogP contribution < -0.4 is 10.2 Å². The first kappa shape index (κ1) is 16.1. The monoisotopic (exact) mass is 398 g/mol. The zero-order chi connectivity index (χ0) is 17.6. The number of rotatable bonds is 3. The van der Waals surface area contributed by atoms with Crippen LogP contribution in [0.1, 0.15) is 18.6 Å². The topological polar surface area (TPSA) is 56.5 Å². The molecule has 5 heteroatoms. The minimum Gasteiger partial charge on any atom is -0.460 e. The highest BCUT2D eigenvalue weighted by Crippen LogP contribution is 2.32. The van der Waals surface area contributed by atoms with Crippen LogP contribution >= 0.6 is 15.9 Å². The minimum atomic E-state index is -0.218.